The number of aliphatic hydroxyl groups is 2. The zero-order valence-electron chi connectivity index (χ0n) is 8.61. The molecule has 0 aliphatic carbocycles. The summed E-state index contributed by atoms with van der Waals surface area (Å²) in [7, 11) is 0. The highest BCUT2D eigenvalue weighted by Gasteiger charge is 2.10. The number of benzene rings is 1. The first-order valence-electron chi connectivity index (χ1n) is 4.88. The minimum Gasteiger partial charge on any atom is -0.487 e. The van der Waals surface area contributed by atoms with Crippen LogP contribution in [0.3, 0.4) is 0 Å². The maximum atomic E-state index is 13.3. The first-order valence-corrected chi connectivity index (χ1v) is 4.88. The number of halogens is 1. The minimum atomic E-state index is -0.615. The summed E-state index contributed by atoms with van der Waals surface area (Å²) < 4.78 is 18.4. The molecule has 0 amide bonds. The molecule has 1 unspecified atom stereocenters. The predicted molar refractivity (Wildman–Crippen MR) is 54.1 cm³/mol. The molecule has 84 valence electrons. The SMILES string of the molecule is CCC(O)COc1c(F)cccc1CO. The van der Waals surface area contributed by atoms with E-state index in [1.165, 1.54) is 12.1 Å². The van der Waals surface area contributed by atoms with Crippen molar-refractivity contribution in [3.05, 3.63) is 29.6 Å². The molecule has 0 bridgehead atoms. The molecule has 3 nitrogen and oxygen atoms in total. The van der Waals surface area contributed by atoms with Crippen LogP contribution in [-0.4, -0.2) is 22.9 Å². The fourth-order valence-corrected chi connectivity index (χ4v) is 1.14. The third-order valence-corrected chi connectivity index (χ3v) is 2.11. The van der Waals surface area contributed by atoms with Crippen molar-refractivity contribution in [1.29, 1.82) is 0 Å². The molecular weight excluding hydrogens is 199 g/mol. The van der Waals surface area contributed by atoms with Crippen molar-refractivity contribution in [2.45, 2.75) is 26.1 Å². The average Bonchev–Trinajstić information content (AvgIpc) is 2.26. The Morgan fingerprint density at radius 3 is 2.80 bits per heavy atom. The fraction of sp³-hybridized carbons (Fsp3) is 0.455. The van der Waals surface area contributed by atoms with Gasteiger partial charge in [0.15, 0.2) is 11.6 Å². The number of hydrogen-bond acceptors (Lipinski definition) is 3. The molecule has 0 saturated heterocycles. The summed E-state index contributed by atoms with van der Waals surface area (Å²) in [4.78, 5) is 0. The summed E-state index contributed by atoms with van der Waals surface area (Å²) in [6, 6.07) is 4.34. The summed E-state index contributed by atoms with van der Waals surface area (Å²) in [5, 5.41) is 18.2. The summed E-state index contributed by atoms with van der Waals surface area (Å²) in [5.74, 6) is -0.502. The zero-order chi connectivity index (χ0) is 11.3. The smallest absolute Gasteiger partial charge is 0.165 e. The van der Waals surface area contributed by atoms with Crippen molar-refractivity contribution >= 4 is 0 Å². The van der Waals surface area contributed by atoms with Gasteiger partial charge in [-0.25, -0.2) is 4.39 Å². The van der Waals surface area contributed by atoms with Gasteiger partial charge in [-0.15, -0.1) is 0 Å². The molecule has 0 heterocycles. The highest BCUT2D eigenvalue weighted by atomic mass is 19.1. The van der Waals surface area contributed by atoms with Crippen molar-refractivity contribution < 1.29 is 19.3 Å². The topological polar surface area (TPSA) is 49.7 Å². The number of hydrogen-bond donors (Lipinski definition) is 2. The van der Waals surface area contributed by atoms with Crippen LogP contribution >= 0.6 is 0 Å². The van der Waals surface area contributed by atoms with Crippen LogP contribution in [0.25, 0.3) is 0 Å². The van der Waals surface area contributed by atoms with E-state index >= 15 is 0 Å². The maximum Gasteiger partial charge on any atom is 0.165 e. The molecule has 0 aromatic heterocycles. The van der Waals surface area contributed by atoms with Crippen LogP contribution in [-0.2, 0) is 6.61 Å². The van der Waals surface area contributed by atoms with Crippen LogP contribution in [0.5, 0.6) is 5.75 Å². The van der Waals surface area contributed by atoms with Crippen LogP contribution in [0.1, 0.15) is 18.9 Å². The molecule has 0 fully saturated rings. The molecule has 0 spiro atoms. The summed E-state index contributed by atoms with van der Waals surface area (Å²) in [6.07, 6.45) is -0.0701. The molecule has 2 N–H and O–H groups in total. The van der Waals surface area contributed by atoms with E-state index in [9.17, 15) is 9.50 Å². The molecule has 0 aliphatic heterocycles. The molecular formula is C11H15FO3. The van der Waals surface area contributed by atoms with Crippen LogP contribution < -0.4 is 4.74 Å². The van der Waals surface area contributed by atoms with Crippen LogP contribution in [0.2, 0.25) is 0 Å². The molecule has 1 atom stereocenters. The normalized spacial score (nSPS) is 12.5. The van der Waals surface area contributed by atoms with E-state index in [-0.39, 0.29) is 19.0 Å². The summed E-state index contributed by atoms with van der Waals surface area (Å²) in [5.41, 5.74) is 0.387. The Balaban J connectivity index is 2.74. The van der Waals surface area contributed by atoms with Gasteiger partial charge >= 0.3 is 0 Å². The van der Waals surface area contributed by atoms with Crippen molar-refractivity contribution in [3.8, 4) is 5.75 Å². The molecule has 15 heavy (non-hydrogen) atoms. The van der Waals surface area contributed by atoms with Gasteiger partial charge in [0.1, 0.15) is 6.61 Å². The van der Waals surface area contributed by atoms with Gasteiger partial charge in [-0.05, 0) is 12.5 Å². The first-order chi connectivity index (χ1) is 7.19. The molecule has 0 radical (unpaired) electrons. The number of para-hydroxylation sites is 1. The van der Waals surface area contributed by atoms with E-state index in [2.05, 4.69) is 0 Å². The Labute approximate surface area is 88.1 Å². The Kier molecular flexibility index (Phi) is 4.52. The van der Waals surface area contributed by atoms with E-state index in [1.54, 1.807) is 6.07 Å². The van der Waals surface area contributed by atoms with Crippen LogP contribution in [0.15, 0.2) is 18.2 Å². The van der Waals surface area contributed by atoms with E-state index < -0.39 is 11.9 Å². The lowest BCUT2D eigenvalue weighted by Gasteiger charge is -2.13. The Bertz CT molecular complexity index is 315. The number of aliphatic hydroxyl groups excluding tert-OH is 2. The lowest BCUT2D eigenvalue weighted by Crippen LogP contribution is -2.17. The second-order valence-electron chi connectivity index (χ2n) is 3.26. The van der Waals surface area contributed by atoms with Crippen molar-refractivity contribution in [2.24, 2.45) is 0 Å². The zero-order valence-corrected chi connectivity index (χ0v) is 8.61. The first kappa shape index (κ1) is 11.9. The summed E-state index contributed by atoms with van der Waals surface area (Å²) in [6.45, 7) is 1.56. The highest BCUT2D eigenvalue weighted by molar-refractivity contribution is 5.34. The minimum absolute atomic E-state index is 0.0208. The second-order valence-corrected chi connectivity index (χ2v) is 3.26. The van der Waals surface area contributed by atoms with Crippen LogP contribution in [0, 0.1) is 5.82 Å². The quantitative estimate of drug-likeness (QED) is 0.780. The van der Waals surface area contributed by atoms with Gasteiger partial charge in [0, 0.05) is 5.56 Å². The van der Waals surface area contributed by atoms with E-state index in [4.69, 9.17) is 9.84 Å². The predicted octanol–water partition coefficient (Wildman–Crippen LogP) is 1.47. The molecule has 1 aromatic carbocycles. The Morgan fingerprint density at radius 2 is 2.20 bits per heavy atom. The standard InChI is InChI=1S/C11H15FO3/c1-2-9(14)7-15-11-8(6-13)4-3-5-10(11)12/h3-5,9,13-14H,2,6-7H2,1H3. The van der Waals surface area contributed by atoms with E-state index in [1.807, 2.05) is 6.92 Å². The summed E-state index contributed by atoms with van der Waals surface area (Å²) >= 11 is 0. The maximum absolute atomic E-state index is 13.3. The Hall–Kier alpha value is -1.13. The lowest BCUT2D eigenvalue weighted by molar-refractivity contribution is 0.100. The number of rotatable bonds is 5. The van der Waals surface area contributed by atoms with Crippen molar-refractivity contribution in [1.82, 2.24) is 0 Å². The van der Waals surface area contributed by atoms with Gasteiger partial charge in [0.05, 0.1) is 12.7 Å². The monoisotopic (exact) mass is 214 g/mol. The Morgan fingerprint density at radius 1 is 1.47 bits per heavy atom. The molecule has 0 saturated carbocycles. The molecule has 1 rings (SSSR count). The van der Waals surface area contributed by atoms with Gasteiger partial charge < -0.3 is 14.9 Å². The van der Waals surface area contributed by atoms with Crippen molar-refractivity contribution in [3.63, 3.8) is 0 Å². The van der Waals surface area contributed by atoms with E-state index in [0.29, 0.717) is 12.0 Å². The van der Waals surface area contributed by atoms with Gasteiger partial charge in [-0.1, -0.05) is 19.1 Å². The van der Waals surface area contributed by atoms with Gasteiger partial charge in [0.2, 0.25) is 0 Å². The fourth-order valence-electron chi connectivity index (χ4n) is 1.14. The average molecular weight is 214 g/mol. The van der Waals surface area contributed by atoms with Crippen LogP contribution in [0.4, 0.5) is 4.39 Å². The van der Waals surface area contributed by atoms with Gasteiger partial charge in [-0.3, -0.25) is 0 Å². The molecule has 4 heteroatoms. The second kappa shape index (κ2) is 5.68. The lowest BCUT2D eigenvalue weighted by atomic mass is 10.2. The number of ether oxygens (including phenoxy) is 1. The third kappa shape index (κ3) is 3.18. The van der Waals surface area contributed by atoms with Gasteiger partial charge in [0.25, 0.3) is 0 Å². The van der Waals surface area contributed by atoms with Gasteiger partial charge in [-0.2, -0.15) is 0 Å². The highest BCUT2D eigenvalue weighted by Crippen LogP contribution is 2.22. The van der Waals surface area contributed by atoms with Crippen molar-refractivity contribution in [2.75, 3.05) is 6.61 Å². The molecule has 1 aromatic rings. The molecule has 0 aliphatic rings. The van der Waals surface area contributed by atoms with E-state index in [0.717, 1.165) is 0 Å². The third-order valence-electron chi connectivity index (χ3n) is 2.11. The largest absolute Gasteiger partial charge is 0.487 e.